The minimum Gasteiger partial charge on any atom is -0.741 e. The van der Waals surface area contributed by atoms with E-state index >= 15 is 0 Å². The molecule has 296 valence electrons. The molecule has 10 atom stereocenters. The molecule has 2 fully saturated rings. The van der Waals surface area contributed by atoms with E-state index in [-0.39, 0.29) is 0 Å². The molecule has 0 aromatic rings. The maximum Gasteiger partial charge on any atom is 0.485 e. The van der Waals surface area contributed by atoms with Crippen molar-refractivity contribution in [2.24, 2.45) is 0 Å². The number of nitrogens with zero attached hydrogens (tertiary/aromatic N) is 2. The van der Waals surface area contributed by atoms with Gasteiger partial charge in [0.05, 0.1) is 14.1 Å². The Morgan fingerprint density at radius 3 is 0.808 bits per heavy atom. The molecular formula is C32H50F6N2O6P2S2Si2. The maximum absolute atomic E-state index is 10.7. The molecule has 0 N–H and O–H groups in total. The first kappa shape index (κ1) is 42.4. The molecule has 2 spiro atoms. The maximum atomic E-state index is 10.7. The Labute approximate surface area is 306 Å². The molecule has 0 aromatic heterocycles. The van der Waals surface area contributed by atoms with E-state index in [1.165, 1.54) is 51.4 Å². The molecule has 0 amide bonds. The third-order valence-corrected chi connectivity index (χ3v) is 33.0. The van der Waals surface area contributed by atoms with Crippen molar-refractivity contribution in [2.45, 2.75) is 148 Å². The lowest BCUT2D eigenvalue weighted by molar-refractivity contribution is -0.420. The summed E-state index contributed by atoms with van der Waals surface area (Å²) in [5.41, 5.74) is -5.54. The van der Waals surface area contributed by atoms with Crippen molar-refractivity contribution in [3.05, 3.63) is 48.6 Å². The fourth-order valence-electron chi connectivity index (χ4n) is 10.6. The monoisotopic (exact) mass is 854 g/mol. The van der Waals surface area contributed by atoms with Crippen molar-refractivity contribution < 1.29 is 60.3 Å². The van der Waals surface area contributed by atoms with Crippen LogP contribution in [0.25, 0.3) is 0 Å². The van der Waals surface area contributed by atoms with Gasteiger partial charge in [-0.25, -0.2) is 16.8 Å². The predicted octanol–water partition coefficient (Wildman–Crippen LogP) is 8.58. The van der Waals surface area contributed by atoms with Crippen LogP contribution in [0.5, 0.6) is 0 Å². The van der Waals surface area contributed by atoms with Crippen LogP contribution in [0, 0.1) is 0 Å². The van der Waals surface area contributed by atoms with Crippen LogP contribution in [0.15, 0.2) is 48.6 Å². The van der Waals surface area contributed by atoms with Crippen LogP contribution in [0.4, 0.5) is 26.3 Å². The van der Waals surface area contributed by atoms with Gasteiger partial charge >= 0.3 is 27.5 Å². The molecule has 8 nitrogen and oxygen atoms in total. The van der Waals surface area contributed by atoms with Crippen LogP contribution < -0.4 is 0 Å². The molecule has 8 heterocycles. The van der Waals surface area contributed by atoms with Crippen LogP contribution in [-0.4, -0.2) is 107 Å². The number of fused-ring (bicyclic) bond motifs is 2. The normalized spacial score (nSPS) is 38.0. The molecule has 2 aliphatic carbocycles. The Morgan fingerprint density at radius 1 is 0.481 bits per heavy atom. The Bertz CT molecular complexity index is 1730. The molecule has 52 heavy (non-hydrogen) atoms. The molecule has 2 saturated heterocycles. The fraction of sp³-hybridized carbons (Fsp3) is 0.750. The van der Waals surface area contributed by atoms with Crippen molar-refractivity contribution in [1.29, 1.82) is 0 Å². The molecular weight excluding hydrogens is 805 g/mol. The van der Waals surface area contributed by atoms with Gasteiger partial charge in [-0.2, -0.15) is 26.3 Å². The summed E-state index contributed by atoms with van der Waals surface area (Å²) in [6, 6.07) is 1.61. The number of allylic oxidation sites excluding steroid dienone is 6. The summed E-state index contributed by atoms with van der Waals surface area (Å²) >= 11 is 0. The van der Waals surface area contributed by atoms with Crippen LogP contribution in [0.3, 0.4) is 0 Å². The highest BCUT2D eigenvalue weighted by Gasteiger charge is 2.62. The number of rotatable bonds is 2. The van der Waals surface area contributed by atoms with Crippen LogP contribution >= 0.6 is 14.1 Å². The van der Waals surface area contributed by atoms with Gasteiger partial charge in [-0.3, -0.25) is 0 Å². The first-order chi connectivity index (χ1) is 23.6. The summed E-state index contributed by atoms with van der Waals surface area (Å²) in [4.78, 5) is 0. The first-order valence-electron chi connectivity index (χ1n) is 17.7. The minimum atomic E-state index is -6.09. The molecule has 0 aromatic carbocycles. The van der Waals surface area contributed by atoms with Crippen LogP contribution in [0.1, 0.15) is 51.4 Å². The Hall–Kier alpha value is -0.746. The minimum absolute atomic E-state index is 0.804. The first-order valence-corrected chi connectivity index (χ1v) is 31.3. The zero-order chi connectivity index (χ0) is 39.1. The quantitative estimate of drug-likeness (QED) is 0.0686. The molecule has 0 radical (unpaired) electrons. The van der Waals surface area contributed by atoms with E-state index in [9.17, 15) is 26.3 Å². The molecule has 10 aliphatic rings. The standard InChI is InChI=1S/2C15H25NPSi.2CHF3O3S/c2*1-18(2,3)16-12-4-6-13(7-5-12)17(16)14-8-9-15(17)11-10-14;2*2-1(3,4)8(5,6)7/h2*4,6,8-9,12-15H,5,7,10-11H2,1-3H3;2*(H,5,6,7)/q2*+1;;/p-2/t2*12-,13+,14-,15+,17?;;/m10../s1. The Kier molecular flexibility index (Phi) is 11.4. The van der Waals surface area contributed by atoms with E-state index in [1.807, 2.05) is 0 Å². The molecule has 20 heteroatoms. The van der Waals surface area contributed by atoms with Gasteiger partial charge in [0.15, 0.2) is 20.2 Å². The molecule has 8 bridgehead atoms. The predicted molar refractivity (Wildman–Crippen MR) is 196 cm³/mol. The van der Waals surface area contributed by atoms with Crippen molar-refractivity contribution in [3.8, 4) is 0 Å². The van der Waals surface area contributed by atoms with Gasteiger partial charge in [-0.15, -0.1) is 0 Å². The van der Waals surface area contributed by atoms with E-state index in [0.29, 0.717) is 0 Å². The summed E-state index contributed by atoms with van der Waals surface area (Å²) < 4.78 is 124. The molecule has 8 aliphatic heterocycles. The third kappa shape index (κ3) is 7.31. The fourth-order valence-corrected chi connectivity index (χ4v) is 35.9. The van der Waals surface area contributed by atoms with Crippen molar-refractivity contribution >= 4 is 50.8 Å². The smallest absolute Gasteiger partial charge is 0.485 e. The molecule has 2 unspecified atom stereocenters. The van der Waals surface area contributed by atoms with E-state index in [1.54, 1.807) is 0 Å². The van der Waals surface area contributed by atoms with Gasteiger partial charge in [0.25, 0.3) is 0 Å². The summed E-state index contributed by atoms with van der Waals surface area (Å²) in [7, 11) is -16.4. The highest BCUT2D eigenvalue weighted by atomic mass is 32.2. The zero-order valence-corrected chi connectivity index (χ0v) is 35.6. The van der Waals surface area contributed by atoms with Gasteiger partial charge in [0, 0.05) is 46.8 Å². The van der Waals surface area contributed by atoms with Crippen molar-refractivity contribution in [3.63, 3.8) is 0 Å². The number of halogens is 6. The molecule has 10 rings (SSSR count). The number of alkyl halides is 6. The summed E-state index contributed by atoms with van der Waals surface area (Å²) in [5, 5.41) is 0. The van der Waals surface area contributed by atoms with Crippen LogP contribution in [0.2, 0.25) is 39.3 Å². The van der Waals surface area contributed by atoms with Gasteiger partial charge in [0.2, 0.25) is 0 Å². The van der Waals surface area contributed by atoms with Crippen molar-refractivity contribution in [2.75, 3.05) is 0 Å². The summed E-state index contributed by atoms with van der Waals surface area (Å²) in [6.07, 6.45) is 32.7. The highest BCUT2D eigenvalue weighted by Crippen LogP contribution is 2.77. The Morgan fingerprint density at radius 2 is 0.673 bits per heavy atom. The average molecular weight is 855 g/mol. The second kappa shape index (κ2) is 14.0. The largest absolute Gasteiger partial charge is 0.741 e. The summed E-state index contributed by atoms with van der Waals surface area (Å²) in [5.74, 6) is 0. The van der Waals surface area contributed by atoms with Gasteiger partial charge in [-0.05, 0) is 90.0 Å². The van der Waals surface area contributed by atoms with E-state index in [0.717, 1.165) is 46.0 Å². The average Bonchev–Trinajstić information content (AvgIpc) is 3.74. The van der Waals surface area contributed by atoms with E-state index in [4.69, 9.17) is 25.9 Å². The highest BCUT2D eigenvalue weighted by molar-refractivity contribution is 7.86. The second-order valence-electron chi connectivity index (χ2n) is 16.8. The topological polar surface area (TPSA) is 120 Å². The van der Waals surface area contributed by atoms with Gasteiger partial charge in [-0.1, -0.05) is 36.5 Å². The van der Waals surface area contributed by atoms with E-state index < -0.39 is 61.8 Å². The lowest BCUT2D eigenvalue weighted by Gasteiger charge is -2.45. The number of hydrogen-bond acceptors (Lipinski definition) is 6. The third-order valence-electron chi connectivity index (χ3n) is 11.8. The SMILES string of the molecule is C[Si](C)(C)[N+]1=P2([C@@H]3C=C[C@H]1CC3)[C@@H]1C=C[C@H]2CC1.C[Si](C)(C)[N+]1=P2([C@@H]3C=C[C@H]2CC3)[C@H]2C=C[C@@H]1CC2.O=S(=O)([O-])C(F)(F)F.O=S(=O)([O-])C(F)(F)F. The van der Waals surface area contributed by atoms with Gasteiger partial charge < -0.3 is 17.1 Å². The second-order valence-corrected chi connectivity index (χ2v) is 38.0. The molecule has 0 saturated carbocycles. The van der Waals surface area contributed by atoms with Gasteiger partial charge in [0.1, 0.15) is 12.1 Å². The Balaban J connectivity index is 0.000000145. The number of hydrogen-bond donors (Lipinski definition) is 0. The van der Waals surface area contributed by atoms with E-state index in [2.05, 4.69) is 95.9 Å². The van der Waals surface area contributed by atoms with Crippen LogP contribution in [-0.2, 0) is 20.2 Å². The zero-order valence-electron chi connectivity index (χ0n) is 30.2. The summed E-state index contributed by atoms with van der Waals surface area (Å²) in [6.45, 7) is 15.5. The van der Waals surface area contributed by atoms with Crippen molar-refractivity contribution in [1.82, 2.24) is 0 Å². The lowest BCUT2D eigenvalue weighted by atomic mass is 10.0. The lowest BCUT2D eigenvalue weighted by Crippen LogP contribution is -2.50.